The number of carboxylic acids is 1. The summed E-state index contributed by atoms with van der Waals surface area (Å²) in [4.78, 5) is 27.9. The van der Waals surface area contributed by atoms with Crippen LogP contribution in [0.5, 0.6) is 0 Å². The summed E-state index contributed by atoms with van der Waals surface area (Å²) in [5.74, 6) is -0.506. The van der Waals surface area contributed by atoms with Gasteiger partial charge in [-0.2, -0.15) is 0 Å². The number of amidine groups is 1. The molecule has 0 fully saturated rings. The number of aliphatic carboxylic acids is 1. The smallest absolute Gasteiger partial charge is 0.336 e. The SMILES string of the molecule is CC1C=C(C2=NC(C)(C(C)C)C(=O)N2)C(C(=O)O)=CC1. The van der Waals surface area contributed by atoms with Crippen molar-refractivity contribution in [3.05, 3.63) is 23.3 Å². The lowest BCUT2D eigenvalue weighted by Gasteiger charge is -2.21. The second-order valence-corrected chi connectivity index (χ2v) is 5.93. The number of hydrogen-bond acceptors (Lipinski definition) is 3. The van der Waals surface area contributed by atoms with Crippen LogP contribution in [0.15, 0.2) is 28.3 Å². The van der Waals surface area contributed by atoms with E-state index < -0.39 is 11.5 Å². The quantitative estimate of drug-likeness (QED) is 0.826. The maximum Gasteiger partial charge on any atom is 0.336 e. The number of carboxylic acid groups (broad SMARTS) is 1. The Kier molecular flexibility index (Phi) is 3.54. The molecule has 5 nitrogen and oxygen atoms in total. The molecule has 0 bridgehead atoms. The average Bonchev–Trinajstić information content (AvgIpc) is 2.66. The molecule has 2 aliphatic rings. The van der Waals surface area contributed by atoms with Crippen molar-refractivity contribution in [2.45, 2.75) is 39.7 Å². The average molecular weight is 276 g/mol. The van der Waals surface area contributed by atoms with Crippen LogP contribution < -0.4 is 5.32 Å². The van der Waals surface area contributed by atoms with Crippen molar-refractivity contribution < 1.29 is 14.7 Å². The first kappa shape index (κ1) is 14.5. The van der Waals surface area contributed by atoms with Crippen molar-refractivity contribution in [2.75, 3.05) is 0 Å². The number of amides is 1. The largest absolute Gasteiger partial charge is 0.478 e. The first-order valence-corrected chi connectivity index (χ1v) is 6.83. The molecule has 2 rings (SSSR count). The fraction of sp³-hybridized carbons (Fsp3) is 0.533. The number of allylic oxidation sites excluding steroid dienone is 2. The van der Waals surface area contributed by atoms with Gasteiger partial charge in [0.15, 0.2) is 0 Å². The Labute approximate surface area is 118 Å². The van der Waals surface area contributed by atoms with E-state index in [1.165, 1.54) is 0 Å². The molecule has 0 saturated carbocycles. The molecule has 2 atom stereocenters. The third-order valence-corrected chi connectivity index (χ3v) is 4.08. The van der Waals surface area contributed by atoms with Crippen LogP contribution in [0.3, 0.4) is 0 Å². The number of carbonyl (C=O) groups excluding carboxylic acids is 1. The van der Waals surface area contributed by atoms with E-state index in [9.17, 15) is 14.7 Å². The second-order valence-electron chi connectivity index (χ2n) is 5.93. The number of nitrogens with one attached hydrogen (secondary N) is 1. The van der Waals surface area contributed by atoms with E-state index in [0.717, 1.165) is 0 Å². The van der Waals surface area contributed by atoms with E-state index in [1.54, 1.807) is 13.0 Å². The van der Waals surface area contributed by atoms with Gasteiger partial charge in [0, 0.05) is 5.57 Å². The molecule has 0 aromatic rings. The lowest BCUT2D eigenvalue weighted by molar-refractivity contribution is -0.132. The summed E-state index contributed by atoms with van der Waals surface area (Å²) in [5, 5.41) is 12.0. The zero-order valence-corrected chi connectivity index (χ0v) is 12.2. The number of nitrogens with zero attached hydrogens (tertiary/aromatic N) is 1. The molecular weight excluding hydrogens is 256 g/mol. The molecule has 2 N–H and O–H groups in total. The third kappa shape index (κ3) is 2.28. The molecule has 0 radical (unpaired) electrons. The lowest BCUT2D eigenvalue weighted by atomic mass is 9.89. The molecule has 1 aliphatic carbocycles. The number of hydrogen-bond donors (Lipinski definition) is 2. The fourth-order valence-electron chi connectivity index (χ4n) is 2.33. The molecule has 20 heavy (non-hydrogen) atoms. The van der Waals surface area contributed by atoms with E-state index in [4.69, 9.17) is 0 Å². The first-order valence-electron chi connectivity index (χ1n) is 6.83. The van der Waals surface area contributed by atoms with Gasteiger partial charge in [-0.05, 0) is 25.2 Å². The molecule has 1 aliphatic heterocycles. The monoisotopic (exact) mass is 276 g/mol. The molecule has 0 spiro atoms. The standard InChI is InChI=1S/C15H20N2O3/c1-8(2)15(4)14(20)16-12(17-15)11-7-9(3)5-6-10(11)13(18)19/h6-9H,5H2,1-4H3,(H,18,19)(H,16,17,20). The van der Waals surface area contributed by atoms with Gasteiger partial charge in [-0.3, -0.25) is 9.79 Å². The predicted octanol–water partition coefficient (Wildman–Crippen LogP) is 1.91. The lowest BCUT2D eigenvalue weighted by Crippen LogP contribution is -2.41. The van der Waals surface area contributed by atoms with Gasteiger partial charge in [-0.1, -0.05) is 32.9 Å². The summed E-state index contributed by atoms with van der Waals surface area (Å²) in [5.41, 5.74) is -0.0929. The van der Waals surface area contributed by atoms with E-state index >= 15 is 0 Å². The van der Waals surface area contributed by atoms with Crippen LogP contribution in [-0.4, -0.2) is 28.4 Å². The summed E-state index contributed by atoms with van der Waals surface area (Å²) in [6.07, 6.45) is 4.25. The van der Waals surface area contributed by atoms with Crippen LogP contribution in [0, 0.1) is 11.8 Å². The van der Waals surface area contributed by atoms with Crippen LogP contribution in [0.25, 0.3) is 0 Å². The zero-order valence-electron chi connectivity index (χ0n) is 12.2. The first-order chi connectivity index (χ1) is 9.25. The van der Waals surface area contributed by atoms with Gasteiger partial charge in [0.25, 0.3) is 5.91 Å². The van der Waals surface area contributed by atoms with Crippen molar-refractivity contribution in [1.29, 1.82) is 0 Å². The van der Waals surface area contributed by atoms with Gasteiger partial charge < -0.3 is 10.4 Å². The molecule has 0 saturated heterocycles. The molecule has 5 heteroatoms. The van der Waals surface area contributed by atoms with Crippen LogP contribution in [0.2, 0.25) is 0 Å². The van der Waals surface area contributed by atoms with Crippen molar-refractivity contribution in [3.8, 4) is 0 Å². The Hall–Kier alpha value is -1.91. The maximum atomic E-state index is 12.1. The van der Waals surface area contributed by atoms with Crippen LogP contribution in [0.1, 0.15) is 34.1 Å². The number of rotatable bonds is 3. The minimum atomic E-state index is -0.988. The van der Waals surface area contributed by atoms with Crippen molar-refractivity contribution in [1.82, 2.24) is 5.32 Å². The van der Waals surface area contributed by atoms with Gasteiger partial charge >= 0.3 is 5.97 Å². The van der Waals surface area contributed by atoms with Gasteiger partial charge in [-0.25, -0.2) is 4.79 Å². The molecular formula is C15H20N2O3. The topological polar surface area (TPSA) is 78.8 Å². The molecule has 2 unspecified atom stereocenters. The normalized spacial score (nSPS) is 29.8. The highest BCUT2D eigenvalue weighted by Gasteiger charge is 2.43. The van der Waals surface area contributed by atoms with Gasteiger partial charge in [0.05, 0.1) is 5.57 Å². The van der Waals surface area contributed by atoms with Crippen LogP contribution >= 0.6 is 0 Å². The molecule has 1 heterocycles. The van der Waals surface area contributed by atoms with Crippen molar-refractivity contribution in [2.24, 2.45) is 16.8 Å². The molecule has 0 aromatic heterocycles. The summed E-state index contributed by atoms with van der Waals surface area (Å²) < 4.78 is 0. The molecule has 108 valence electrons. The Balaban J connectivity index is 2.43. The van der Waals surface area contributed by atoms with Crippen molar-refractivity contribution in [3.63, 3.8) is 0 Å². The van der Waals surface area contributed by atoms with Crippen LogP contribution in [-0.2, 0) is 9.59 Å². The maximum absolute atomic E-state index is 12.1. The Bertz CT molecular complexity index is 557. The minimum Gasteiger partial charge on any atom is -0.478 e. The molecule has 0 aromatic carbocycles. The summed E-state index contributed by atoms with van der Waals surface area (Å²) in [7, 11) is 0. The van der Waals surface area contributed by atoms with Gasteiger partial charge in [-0.15, -0.1) is 0 Å². The molecule has 1 amide bonds. The van der Waals surface area contributed by atoms with E-state index in [-0.39, 0.29) is 23.3 Å². The Morgan fingerprint density at radius 3 is 2.70 bits per heavy atom. The van der Waals surface area contributed by atoms with Gasteiger partial charge in [0.2, 0.25) is 0 Å². The number of aliphatic imine (C=N–C) groups is 1. The predicted molar refractivity (Wildman–Crippen MR) is 76.4 cm³/mol. The minimum absolute atomic E-state index is 0.0406. The Morgan fingerprint density at radius 1 is 1.55 bits per heavy atom. The van der Waals surface area contributed by atoms with E-state index in [2.05, 4.69) is 10.3 Å². The third-order valence-electron chi connectivity index (χ3n) is 4.08. The highest BCUT2D eigenvalue weighted by Crippen LogP contribution is 2.30. The summed E-state index contributed by atoms with van der Waals surface area (Å²) in [6, 6.07) is 0. The summed E-state index contributed by atoms with van der Waals surface area (Å²) >= 11 is 0. The highest BCUT2D eigenvalue weighted by atomic mass is 16.4. The number of carbonyl (C=O) groups is 2. The summed E-state index contributed by atoms with van der Waals surface area (Å²) in [6.45, 7) is 7.64. The van der Waals surface area contributed by atoms with E-state index in [1.807, 2.05) is 26.8 Å². The van der Waals surface area contributed by atoms with Crippen LogP contribution in [0.4, 0.5) is 0 Å². The van der Waals surface area contributed by atoms with Gasteiger partial charge in [0.1, 0.15) is 11.4 Å². The second kappa shape index (κ2) is 4.89. The highest BCUT2D eigenvalue weighted by molar-refractivity contribution is 6.20. The zero-order chi connectivity index (χ0) is 15.1. The van der Waals surface area contributed by atoms with Crippen molar-refractivity contribution >= 4 is 17.7 Å². The van der Waals surface area contributed by atoms with E-state index in [0.29, 0.717) is 17.8 Å². The fourth-order valence-corrected chi connectivity index (χ4v) is 2.33. The Morgan fingerprint density at radius 2 is 2.20 bits per heavy atom.